The zero-order valence-corrected chi connectivity index (χ0v) is 15.2. The van der Waals surface area contributed by atoms with Crippen LogP contribution in [0.15, 0.2) is 24.3 Å². The molecular weight excluding hydrogens is 348 g/mol. The van der Waals surface area contributed by atoms with E-state index in [4.69, 9.17) is 11.6 Å². The molecule has 0 bridgehead atoms. The largest absolute Gasteiger partial charge is 0.339 e. The molecule has 1 N–H and O–H groups in total. The maximum Gasteiger partial charge on any atom is 0.223 e. The summed E-state index contributed by atoms with van der Waals surface area (Å²) in [5.74, 6) is 0.133. The third-order valence-electron chi connectivity index (χ3n) is 4.84. The number of rotatable bonds is 6. The third-order valence-corrected chi connectivity index (χ3v) is 6.40. The number of sulfonamides is 1. The minimum Gasteiger partial charge on any atom is -0.339 e. The van der Waals surface area contributed by atoms with E-state index >= 15 is 0 Å². The van der Waals surface area contributed by atoms with Crippen LogP contribution in [-0.4, -0.2) is 38.4 Å². The van der Waals surface area contributed by atoms with Gasteiger partial charge in [0, 0.05) is 30.6 Å². The van der Waals surface area contributed by atoms with Crippen molar-refractivity contribution in [1.29, 1.82) is 0 Å². The minimum atomic E-state index is -3.43. The van der Waals surface area contributed by atoms with Crippen molar-refractivity contribution in [3.05, 3.63) is 34.9 Å². The van der Waals surface area contributed by atoms with Crippen LogP contribution in [0.4, 0.5) is 0 Å². The number of benzene rings is 1. The molecule has 132 valence electrons. The van der Waals surface area contributed by atoms with Crippen LogP contribution in [0.1, 0.15) is 37.7 Å². The van der Waals surface area contributed by atoms with E-state index in [1.807, 2.05) is 4.90 Å². The van der Waals surface area contributed by atoms with Gasteiger partial charge in [0.15, 0.2) is 0 Å². The van der Waals surface area contributed by atoms with Crippen LogP contribution in [0.5, 0.6) is 0 Å². The van der Waals surface area contributed by atoms with Gasteiger partial charge in [0.2, 0.25) is 15.9 Å². The molecule has 0 unspecified atom stereocenters. The van der Waals surface area contributed by atoms with Gasteiger partial charge in [-0.2, -0.15) is 0 Å². The maximum atomic E-state index is 12.2. The van der Waals surface area contributed by atoms with Crippen LogP contribution in [0.25, 0.3) is 0 Å². The molecule has 1 aromatic rings. The Morgan fingerprint density at radius 2 is 2.00 bits per heavy atom. The molecule has 1 aliphatic carbocycles. The number of likely N-dealkylation sites (tertiary alicyclic amines) is 1. The average molecular weight is 371 g/mol. The summed E-state index contributed by atoms with van der Waals surface area (Å²) in [5.41, 5.74) is 0.657. The molecule has 2 fully saturated rings. The van der Waals surface area contributed by atoms with Crippen molar-refractivity contribution in [2.24, 2.45) is 5.92 Å². The van der Waals surface area contributed by atoms with Gasteiger partial charge >= 0.3 is 0 Å². The third kappa shape index (κ3) is 4.49. The number of hydrogen-bond acceptors (Lipinski definition) is 3. The van der Waals surface area contributed by atoms with Crippen molar-refractivity contribution in [1.82, 2.24) is 9.62 Å². The Morgan fingerprint density at radius 3 is 2.71 bits per heavy atom. The summed E-state index contributed by atoms with van der Waals surface area (Å²) in [6, 6.07) is 7.22. The molecular formula is C17H23ClN2O3S. The fourth-order valence-electron chi connectivity index (χ4n) is 3.66. The molecule has 5 nitrogen and oxygen atoms in total. The number of nitrogens with zero attached hydrogens (tertiary/aromatic N) is 1. The lowest BCUT2D eigenvalue weighted by Crippen LogP contribution is -2.36. The molecule has 1 amide bonds. The summed E-state index contributed by atoms with van der Waals surface area (Å²) in [5, 5.41) is 0.524. The Bertz CT molecular complexity index is 702. The Morgan fingerprint density at radius 1 is 1.25 bits per heavy atom. The van der Waals surface area contributed by atoms with E-state index in [2.05, 4.69) is 4.72 Å². The van der Waals surface area contributed by atoms with Crippen molar-refractivity contribution in [3.8, 4) is 0 Å². The maximum absolute atomic E-state index is 12.2. The van der Waals surface area contributed by atoms with E-state index in [0.717, 1.165) is 12.8 Å². The molecule has 24 heavy (non-hydrogen) atoms. The number of amides is 1. The van der Waals surface area contributed by atoms with E-state index in [1.165, 1.54) is 12.8 Å². The van der Waals surface area contributed by atoms with Gasteiger partial charge in [0.1, 0.15) is 0 Å². The van der Waals surface area contributed by atoms with Gasteiger partial charge in [-0.1, -0.05) is 36.6 Å². The molecule has 1 saturated heterocycles. The van der Waals surface area contributed by atoms with Gasteiger partial charge in [0.05, 0.1) is 5.75 Å². The second-order valence-corrected chi connectivity index (χ2v) is 9.04. The second kappa shape index (κ2) is 7.42. The van der Waals surface area contributed by atoms with E-state index < -0.39 is 10.0 Å². The van der Waals surface area contributed by atoms with Gasteiger partial charge < -0.3 is 4.90 Å². The Labute approximate surface area is 148 Å². The molecule has 0 spiro atoms. The first-order valence-corrected chi connectivity index (χ1v) is 10.5. The summed E-state index contributed by atoms with van der Waals surface area (Å²) in [6.07, 6.45) is 4.98. The monoisotopic (exact) mass is 370 g/mol. The Balaban J connectivity index is 1.52. The zero-order valence-electron chi connectivity index (χ0n) is 13.6. The number of halogens is 1. The van der Waals surface area contributed by atoms with Crippen molar-refractivity contribution < 1.29 is 13.2 Å². The van der Waals surface area contributed by atoms with Crippen LogP contribution in [0, 0.1) is 5.92 Å². The molecule has 1 atom stereocenters. The molecule has 1 heterocycles. The number of hydrogen-bond donors (Lipinski definition) is 1. The van der Waals surface area contributed by atoms with Crippen LogP contribution in [0.3, 0.4) is 0 Å². The topological polar surface area (TPSA) is 66.5 Å². The molecule has 0 aromatic heterocycles. The van der Waals surface area contributed by atoms with Crippen LogP contribution >= 0.6 is 11.6 Å². The standard InChI is InChI=1S/C17H23ClN2O3S/c18-15-5-3-4-13(8-15)12-24(22,23)19-10-14-9-17(21)20(11-14)16-6-1-2-7-16/h3-5,8,14,16,19H,1-2,6-7,9-12H2/t14-/m0/s1. The Hall–Kier alpha value is -1.11. The predicted molar refractivity (Wildman–Crippen MR) is 94.2 cm³/mol. The van der Waals surface area contributed by atoms with Gasteiger partial charge in [-0.3, -0.25) is 4.79 Å². The first-order chi connectivity index (χ1) is 11.4. The summed E-state index contributed by atoms with van der Waals surface area (Å²) in [6.45, 7) is 0.987. The molecule has 0 radical (unpaired) electrons. The summed E-state index contributed by atoms with van der Waals surface area (Å²) in [7, 11) is -3.43. The number of carbonyl (C=O) groups is 1. The van der Waals surface area contributed by atoms with E-state index in [9.17, 15) is 13.2 Å². The fourth-order valence-corrected chi connectivity index (χ4v) is 5.08. The highest BCUT2D eigenvalue weighted by atomic mass is 35.5. The fraction of sp³-hybridized carbons (Fsp3) is 0.588. The van der Waals surface area contributed by atoms with E-state index in [0.29, 0.717) is 36.1 Å². The Kier molecular flexibility index (Phi) is 5.47. The zero-order chi connectivity index (χ0) is 17.2. The van der Waals surface area contributed by atoms with Crippen molar-refractivity contribution >= 4 is 27.5 Å². The lowest BCUT2D eigenvalue weighted by atomic mass is 10.1. The molecule has 3 rings (SSSR count). The second-order valence-electron chi connectivity index (χ2n) is 6.79. The number of nitrogens with one attached hydrogen (secondary N) is 1. The summed E-state index contributed by atoms with van der Waals surface area (Å²) >= 11 is 5.89. The van der Waals surface area contributed by atoms with Gasteiger partial charge in [-0.15, -0.1) is 0 Å². The highest BCUT2D eigenvalue weighted by molar-refractivity contribution is 7.88. The average Bonchev–Trinajstić information content (AvgIpc) is 3.14. The normalized spacial score (nSPS) is 22.5. The highest BCUT2D eigenvalue weighted by Gasteiger charge is 2.35. The molecule has 2 aliphatic rings. The van der Waals surface area contributed by atoms with Crippen molar-refractivity contribution in [2.45, 2.75) is 43.9 Å². The molecule has 7 heteroatoms. The van der Waals surface area contributed by atoms with Gasteiger partial charge in [-0.05, 0) is 36.5 Å². The molecule has 1 aliphatic heterocycles. The van der Waals surface area contributed by atoms with Crippen LogP contribution in [0.2, 0.25) is 5.02 Å². The lowest BCUT2D eigenvalue weighted by Gasteiger charge is -2.24. The summed E-state index contributed by atoms with van der Waals surface area (Å²) < 4.78 is 27.1. The quantitative estimate of drug-likeness (QED) is 0.836. The SMILES string of the molecule is O=C1C[C@@H](CNS(=O)(=O)Cc2cccc(Cl)c2)CN1C1CCCC1. The van der Waals surface area contributed by atoms with Gasteiger partial charge in [-0.25, -0.2) is 13.1 Å². The minimum absolute atomic E-state index is 0.0623. The molecule has 1 saturated carbocycles. The smallest absolute Gasteiger partial charge is 0.223 e. The first kappa shape index (κ1) is 17.7. The van der Waals surface area contributed by atoms with Crippen LogP contribution < -0.4 is 4.72 Å². The van der Waals surface area contributed by atoms with Crippen molar-refractivity contribution in [3.63, 3.8) is 0 Å². The van der Waals surface area contributed by atoms with Crippen LogP contribution in [-0.2, 0) is 20.6 Å². The lowest BCUT2D eigenvalue weighted by molar-refractivity contribution is -0.129. The van der Waals surface area contributed by atoms with Gasteiger partial charge in [0.25, 0.3) is 0 Å². The molecule has 1 aromatic carbocycles. The highest BCUT2D eigenvalue weighted by Crippen LogP contribution is 2.29. The first-order valence-electron chi connectivity index (χ1n) is 8.44. The van der Waals surface area contributed by atoms with Crippen molar-refractivity contribution in [2.75, 3.05) is 13.1 Å². The predicted octanol–water partition coefficient (Wildman–Crippen LogP) is 2.55. The van der Waals surface area contributed by atoms with E-state index in [1.54, 1.807) is 24.3 Å². The number of carbonyl (C=O) groups excluding carboxylic acids is 1. The van der Waals surface area contributed by atoms with E-state index in [-0.39, 0.29) is 17.6 Å². The summed E-state index contributed by atoms with van der Waals surface area (Å²) in [4.78, 5) is 14.1.